The first-order chi connectivity index (χ1) is 13.1. The average molecular weight is 369 g/mol. The molecule has 0 aliphatic heterocycles. The van der Waals surface area contributed by atoms with Gasteiger partial charge in [-0.2, -0.15) is 0 Å². The molecular weight excluding hydrogens is 342 g/mol. The number of hydrogen-bond acceptors (Lipinski definition) is 4. The zero-order valence-corrected chi connectivity index (χ0v) is 15.9. The lowest BCUT2D eigenvalue weighted by atomic mass is 10.0. The maximum Gasteiger partial charge on any atom is 0.343 e. The number of non-ortho nitro benzene ring substituents is 1. The summed E-state index contributed by atoms with van der Waals surface area (Å²) in [7, 11) is 0. The van der Waals surface area contributed by atoms with Gasteiger partial charge in [0, 0.05) is 12.1 Å². The highest BCUT2D eigenvalue weighted by Gasteiger charge is 2.11. The molecule has 5 nitrogen and oxygen atoms in total. The Bertz CT molecular complexity index is 723. The average Bonchev–Trinajstić information content (AvgIpc) is 2.68. The molecule has 0 saturated heterocycles. The smallest absolute Gasteiger partial charge is 0.343 e. The first kappa shape index (κ1) is 20.6. The number of benzene rings is 2. The van der Waals surface area contributed by atoms with Crippen LogP contribution in [0.15, 0.2) is 48.5 Å². The van der Waals surface area contributed by atoms with Crippen LogP contribution in [0, 0.1) is 10.1 Å². The number of unbranched alkanes of at least 4 members (excludes halogenated alkanes) is 6. The first-order valence-electron chi connectivity index (χ1n) is 9.65. The maximum atomic E-state index is 12.1. The van der Waals surface area contributed by atoms with Crippen LogP contribution >= 0.6 is 0 Å². The summed E-state index contributed by atoms with van der Waals surface area (Å²) < 4.78 is 5.33. The van der Waals surface area contributed by atoms with Crippen molar-refractivity contribution in [2.45, 2.75) is 58.3 Å². The van der Waals surface area contributed by atoms with E-state index in [1.54, 1.807) is 12.1 Å². The highest BCUT2D eigenvalue weighted by Crippen LogP contribution is 2.18. The highest BCUT2D eigenvalue weighted by atomic mass is 16.6. The summed E-state index contributed by atoms with van der Waals surface area (Å²) in [4.78, 5) is 22.3. The predicted octanol–water partition coefficient (Wildman–Crippen LogP) is 6.11. The van der Waals surface area contributed by atoms with Crippen molar-refractivity contribution < 1.29 is 14.5 Å². The van der Waals surface area contributed by atoms with Crippen molar-refractivity contribution in [1.82, 2.24) is 0 Å². The number of carbonyl (C=O) groups excluding carboxylic acids is 1. The van der Waals surface area contributed by atoms with Crippen LogP contribution in [0.4, 0.5) is 5.69 Å². The van der Waals surface area contributed by atoms with E-state index in [0.29, 0.717) is 5.75 Å². The number of carbonyl (C=O) groups is 1. The van der Waals surface area contributed by atoms with Gasteiger partial charge >= 0.3 is 5.97 Å². The molecule has 0 N–H and O–H groups in total. The SMILES string of the molecule is CCCCCCCCCc1ccc(OC(=O)c2ccc([N+](=O)[O-])cc2)cc1. The van der Waals surface area contributed by atoms with Crippen LogP contribution in [0.2, 0.25) is 0 Å². The van der Waals surface area contributed by atoms with Gasteiger partial charge in [0.05, 0.1) is 10.5 Å². The van der Waals surface area contributed by atoms with Gasteiger partial charge < -0.3 is 4.74 Å². The van der Waals surface area contributed by atoms with Gasteiger partial charge in [-0.1, -0.05) is 57.6 Å². The van der Waals surface area contributed by atoms with Crippen molar-refractivity contribution >= 4 is 11.7 Å². The summed E-state index contributed by atoms with van der Waals surface area (Å²) >= 11 is 0. The quantitative estimate of drug-likeness (QED) is 0.158. The third-order valence-corrected chi connectivity index (χ3v) is 4.52. The minimum Gasteiger partial charge on any atom is -0.423 e. The van der Waals surface area contributed by atoms with Gasteiger partial charge in [-0.05, 0) is 42.7 Å². The summed E-state index contributed by atoms with van der Waals surface area (Å²) in [5, 5.41) is 10.6. The van der Waals surface area contributed by atoms with Gasteiger partial charge in [0.15, 0.2) is 0 Å². The van der Waals surface area contributed by atoms with Crippen LogP contribution in [0.25, 0.3) is 0 Å². The number of nitro groups is 1. The van der Waals surface area contributed by atoms with Crippen molar-refractivity contribution in [2.24, 2.45) is 0 Å². The summed E-state index contributed by atoms with van der Waals surface area (Å²) in [5.41, 5.74) is 1.47. The summed E-state index contributed by atoms with van der Waals surface area (Å²) in [6.07, 6.45) is 10.0. The van der Waals surface area contributed by atoms with E-state index in [1.807, 2.05) is 12.1 Å². The molecule has 5 heteroatoms. The van der Waals surface area contributed by atoms with Gasteiger partial charge in [-0.3, -0.25) is 10.1 Å². The van der Waals surface area contributed by atoms with Crippen LogP contribution in [-0.4, -0.2) is 10.9 Å². The van der Waals surface area contributed by atoms with Gasteiger partial charge in [-0.25, -0.2) is 4.79 Å². The molecule has 2 aromatic rings. The van der Waals surface area contributed by atoms with Crippen LogP contribution in [0.3, 0.4) is 0 Å². The molecular formula is C22H27NO4. The first-order valence-corrected chi connectivity index (χ1v) is 9.65. The van der Waals surface area contributed by atoms with Crippen LogP contribution in [0.5, 0.6) is 5.75 Å². The lowest BCUT2D eigenvalue weighted by Gasteiger charge is -2.06. The van der Waals surface area contributed by atoms with Crippen LogP contribution in [0.1, 0.15) is 67.8 Å². The fourth-order valence-electron chi connectivity index (χ4n) is 2.90. The van der Waals surface area contributed by atoms with Gasteiger partial charge in [-0.15, -0.1) is 0 Å². The second-order valence-corrected chi connectivity index (χ2v) is 6.71. The minimum atomic E-state index is -0.523. The Labute approximate surface area is 160 Å². The fourth-order valence-corrected chi connectivity index (χ4v) is 2.90. The molecule has 144 valence electrons. The highest BCUT2D eigenvalue weighted by molar-refractivity contribution is 5.91. The number of esters is 1. The van der Waals surface area contributed by atoms with E-state index < -0.39 is 10.9 Å². The molecule has 0 amide bonds. The molecule has 0 saturated carbocycles. The van der Waals surface area contributed by atoms with Gasteiger partial charge in [0.2, 0.25) is 0 Å². The molecule has 0 atom stereocenters. The van der Waals surface area contributed by atoms with E-state index in [9.17, 15) is 14.9 Å². The van der Waals surface area contributed by atoms with Crippen LogP contribution in [-0.2, 0) is 6.42 Å². The Balaban J connectivity index is 1.76. The minimum absolute atomic E-state index is 0.0544. The zero-order valence-electron chi connectivity index (χ0n) is 15.9. The monoisotopic (exact) mass is 369 g/mol. The Morgan fingerprint density at radius 3 is 2.07 bits per heavy atom. The molecule has 0 spiro atoms. The summed E-state index contributed by atoms with van der Waals surface area (Å²) in [6, 6.07) is 12.9. The molecule has 2 rings (SSSR count). The molecule has 0 radical (unpaired) electrons. The summed E-state index contributed by atoms with van der Waals surface area (Å²) in [5.74, 6) is -0.0496. The molecule has 0 aliphatic rings. The lowest BCUT2D eigenvalue weighted by molar-refractivity contribution is -0.384. The zero-order chi connectivity index (χ0) is 19.5. The van der Waals surface area contributed by atoms with Crippen molar-refractivity contribution in [3.63, 3.8) is 0 Å². The third-order valence-electron chi connectivity index (χ3n) is 4.52. The normalized spacial score (nSPS) is 10.6. The molecule has 2 aromatic carbocycles. The van der Waals surface area contributed by atoms with Gasteiger partial charge in [0.1, 0.15) is 5.75 Å². The predicted molar refractivity (Wildman–Crippen MR) is 106 cm³/mol. The third kappa shape index (κ3) is 7.21. The molecule has 27 heavy (non-hydrogen) atoms. The second kappa shape index (κ2) is 11.1. The van der Waals surface area contributed by atoms with Gasteiger partial charge in [0.25, 0.3) is 5.69 Å². The van der Waals surface area contributed by atoms with E-state index in [1.165, 1.54) is 74.8 Å². The standard InChI is InChI=1S/C22H27NO4/c1-2-3-4-5-6-7-8-9-18-10-16-21(17-11-18)27-22(24)19-12-14-20(15-13-19)23(25)26/h10-17H,2-9H2,1H3. The van der Waals surface area contributed by atoms with Crippen molar-refractivity contribution in [2.75, 3.05) is 0 Å². The van der Waals surface area contributed by atoms with E-state index in [0.717, 1.165) is 6.42 Å². The topological polar surface area (TPSA) is 69.4 Å². The number of rotatable bonds is 11. The number of hydrogen-bond donors (Lipinski definition) is 0. The van der Waals surface area contributed by atoms with E-state index >= 15 is 0 Å². The molecule has 0 unspecified atom stereocenters. The van der Waals surface area contributed by atoms with E-state index in [4.69, 9.17) is 4.74 Å². The summed E-state index contributed by atoms with van der Waals surface area (Å²) in [6.45, 7) is 2.23. The Hall–Kier alpha value is -2.69. The number of nitrogens with zero attached hydrogens (tertiary/aromatic N) is 1. The van der Waals surface area contributed by atoms with Crippen LogP contribution < -0.4 is 4.74 Å². The molecule has 0 fully saturated rings. The van der Waals surface area contributed by atoms with Crippen molar-refractivity contribution in [3.8, 4) is 5.75 Å². The lowest BCUT2D eigenvalue weighted by Crippen LogP contribution is -2.08. The number of aryl methyl sites for hydroxylation is 1. The number of nitro benzene ring substituents is 1. The Morgan fingerprint density at radius 1 is 0.889 bits per heavy atom. The second-order valence-electron chi connectivity index (χ2n) is 6.71. The van der Waals surface area contributed by atoms with E-state index in [2.05, 4.69) is 6.92 Å². The molecule has 0 aliphatic carbocycles. The van der Waals surface area contributed by atoms with Crippen molar-refractivity contribution in [3.05, 3.63) is 69.8 Å². The Kier molecular flexibility index (Phi) is 8.49. The van der Waals surface area contributed by atoms with E-state index in [-0.39, 0.29) is 11.3 Å². The Morgan fingerprint density at radius 2 is 1.48 bits per heavy atom. The molecule has 0 heterocycles. The largest absolute Gasteiger partial charge is 0.423 e. The van der Waals surface area contributed by atoms with Crippen molar-refractivity contribution in [1.29, 1.82) is 0 Å². The molecule has 0 bridgehead atoms. The number of ether oxygens (including phenoxy) is 1. The molecule has 0 aromatic heterocycles. The fraction of sp³-hybridized carbons (Fsp3) is 0.409. The maximum absolute atomic E-state index is 12.1.